The molecule has 116 valence electrons. The molecule has 4 nitrogen and oxygen atoms in total. The summed E-state index contributed by atoms with van der Waals surface area (Å²) in [5, 5.41) is 11.2. The Morgan fingerprint density at radius 2 is 2.09 bits per heavy atom. The van der Waals surface area contributed by atoms with E-state index in [2.05, 4.69) is 22.3 Å². The molecule has 0 saturated heterocycles. The van der Waals surface area contributed by atoms with Gasteiger partial charge in [-0.15, -0.1) is 21.5 Å². The second-order valence-electron chi connectivity index (χ2n) is 4.97. The molecule has 0 unspecified atom stereocenters. The van der Waals surface area contributed by atoms with E-state index < -0.39 is 0 Å². The molecule has 1 aromatic carbocycles. The predicted molar refractivity (Wildman–Crippen MR) is 95.1 cm³/mol. The molecule has 0 aliphatic heterocycles. The van der Waals surface area contributed by atoms with Crippen LogP contribution < -0.4 is 0 Å². The Balaban J connectivity index is 1.58. The lowest BCUT2D eigenvalue weighted by Gasteiger charge is -2.01. The van der Waals surface area contributed by atoms with Crippen LogP contribution in [0.3, 0.4) is 0 Å². The van der Waals surface area contributed by atoms with Crippen molar-refractivity contribution < 1.29 is 4.42 Å². The molecule has 3 aromatic heterocycles. The van der Waals surface area contributed by atoms with E-state index >= 15 is 0 Å². The molecule has 0 saturated carbocycles. The van der Waals surface area contributed by atoms with Crippen LogP contribution in [0.15, 0.2) is 52.2 Å². The monoisotopic (exact) mass is 361 g/mol. The van der Waals surface area contributed by atoms with Crippen LogP contribution in [0.2, 0.25) is 5.02 Å². The first kappa shape index (κ1) is 14.8. The van der Waals surface area contributed by atoms with Crippen LogP contribution in [-0.2, 0) is 12.8 Å². The average Bonchev–Trinajstić information content (AvgIpc) is 3.27. The molecule has 3 heterocycles. The van der Waals surface area contributed by atoms with Gasteiger partial charge in [0.25, 0.3) is 0 Å². The smallest absolute Gasteiger partial charge is 0.200 e. The minimum Gasteiger partial charge on any atom is -0.461 e. The SMILES string of the molecule is Cn1c(SCc2sc3ccccc3c2Cl)nnc1-c1ccco1. The molecule has 0 radical (unpaired) electrons. The summed E-state index contributed by atoms with van der Waals surface area (Å²) in [6, 6.07) is 11.9. The first-order valence-electron chi connectivity index (χ1n) is 6.96. The topological polar surface area (TPSA) is 43.9 Å². The molecule has 4 rings (SSSR count). The van der Waals surface area contributed by atoms with Crippen molar-refractivity contribution in [1.29, 1.82) is 0 Å². The largest absolute Gasteiger partial charge is 0.461 e. The van der Waals surface area contributed by atoms with Gasteiger partial charge in [-0.2, -0.15) is 0 Å². The molecule has 0 aliphatic carbocycles. The number of hydrogen-bond acceptors (Lipinski definition) is 5. The van der Waals surface area contributed by atoms with E-state index in [1.165, 1.54) is 4.70 Å². The quantitative estimate of drug-likeness (QED) is 0.466. The van der Waals surface area contributed by atoms with Crippen molar-refractivity contribution in [3.63, 3.8) is 0 Å². The number of thioether (sulfide) groups is 1. The van der Waals surface area contributed by atoms with E-state index in [1.54, 1.807) is 29.4 Å². The van der Waals surface area contributed by atoms with Gasteiger partial charge in [0, 0.05) is 27.8 Å². The lowest BCUT2D eigenvalue weighted by molar-refractivity contribution is 0.572. The van der Waals surface area contributed by atoms with Crippen molar-refractivity contribution in [2.45, 2.75) is 10.9 Å². The number of halogens is 1. The van der Waals surface area contributed by atoms with E-state index in [1.807, 2.05) is 35.9 Å². The van der Waals surface area contributed by atoms with Gasteiger partial charge in [0.1, 0.15) is 0 Å². The number of rotatable bonds is 4. The van der Waals surface area contributed by atoms with E-state index in [-0.39, 0.29) is 0 Å². The van der Waals surface area contributed by atoms with Crippen molar-refractivity contribution in [3.8, 4) is 11.6 Å². The number of fused-ring (bicyclic) bond motifs is 1. The second kappa shape index (κ2) is 6.03. The van der Waals surface area contributed by atoms with E-state index in [0.29, 0.717) is 5.76 Å². The number of nitrogens with zero attached hydrogens (tertiary/aromatic N) is 3. The van der Waals surface area contributed by atoms with Crippen molar-refractivity contribution >= 4 is 44.8 Å². The summed E-state index contributed by atoms with van der Waals surface area (Å²) in [4.78, 5) is 1.15. The first-order chi connectivity index (χ1) is 11.2. The predicted octanol–water partition coefficient (Wildman–Crippen LogP) is 5.24. The van der Waals surface area contributed by atoms with Gasteiger partial charge in [-0.3, -0.25) is 0 Å². The summed E-state index contributed by atoms with van der Waals surface area (Å²) >= 11 is 9.83. The molecule has 0 N–H and O–H groups in total. The number of hydrogen-bond donors (Lipinski definition) is 0. The van der Waals surface area contributed by atoms with Crippen LogP contribution >= 0.6 is 34.7 Å². The summed E-state index contributed by atoms with van der Waals surface area (Å²) < 4.78 is 8.53. The zero-order chi connectivity index (χ0) is 15.8. The molecule has 0 aliphatic rings. The number of benzene rings is 1. The first-order valence-corrected chi connectivity index (χ1v) is 9.14. The van der Waals surface area contributed by atoms with Gasteiger partial charge in [-0.05, 0) is 18.2 Å². The Labute approximate surface area is 146 Å². The summed E-state index contributed by atoms with van der Waals surface area (Å²) in [7, 11) is 1.94. The van der Waals surface area contributed by atoms with E-state index in [9.17, 15) is 0 Å². The highest BCUT2D eigenvalue weighted by molar-refractivity contribution is 7.98. The molecule has 0 atom stereocenters. The maximum absolute atomic E-state index is 6.49. The number of aromatic nitrogens is 3. The zero-order valence-electron chi connectivity index (χ0n) is 12.2. The van der Waals surface area contributed by atoms with Crippen LogP contribution in [0.25, 0.3) is 21.7 Å². The van der Waals surface area contributed by atoms with Crippen LogP contribution in [0.5, 0.6) is 0 Å². The highest BCUT2D eigenvalue weighted by Gasteiger charge is 2.15. The maximum Gasteiger partial charge on any atom is 0.200 e. The summed E-state index contributed by atoms with van der Waals surface area (Å²) in [6.45, 7) is 0. The van der Waals surface area contributed by atoms with Gasteiger partial charge in [0.15, 0.2) is 16.7 Å². The van der Waals surface area contributed by atoms with Gasteiger partial charge in [0.2, 0.25) is 0 Å². The Hall–Kier alpha value is -1.76. The van der Waals surface area contributed by atoms with Crippen LogP contribution in [-0.4, -0.2) is 14.8 Å². The standard InChI is InChI=1S/C16H12ClN3OS2/c1-20-15(11-6-4-8-21-11)18-19-16(20)22-9-13-14(17)10-5-2-3-7-12(10)23-13/h2-8H,9H2,1H3. The highest BCUT2D eigenvalue weighted by Crippen LogP contribution is 2.38. The minimum absolute atomic E-state index is 0.715. The van der Waals surface area contributed by atoms with Crippen LogP contribution in [0, 0.1) is 0 Å². The van der Waals surface area contributed by atoms with Crippen molar-refractivity contribution in [3.05, 3.63) is 52.6 Å². The van der Waals surface area contributed by atoms with Crippen molar-refractivity contribution in [2.24, 2.45) is 7.05 Å². The van der Waals surface area contributed by atoms with Crippen LogP contribution in [0.1, 0.15) is 4.88 Å². The van der Waals surface area contributed by atoms with E-state index in [4.69, 9.17) is 16.0 Å². The fourth-order valence-electron chi connectivity index (χ4n) is 2.35. The van der Waals surface area contributed by atoms with Gasteiger partial charge in [0.05, 0.1) is 11.3 Å². The van der Waals surface area contributed by atoms with Gasteiger partial charge >= 0.3 is 0 Å². The third kappa shape index (κ3) is 2.67. The Morgan fingerprint density at radius 1 is 1.22 bits per heavy atom. The normalized spacial score (nSPS) is 11.4. The minimum atomic E-state index is 0.715. The van der Waals surface area contributed by atoms with Gasteiger partial charge < -0.3 is 8.98 Å². The Kier molecular flexibility index (Phi) is 3.88. The van der Waals surface area contributed by atoms with Crippen LogP contribution in [0.4, 0.5) is 0 Å². The lowest BCUT2D eigenvalue weighted by atomic mass is 10.2. The highest BCUT2D eigenvalue weighted by atomic mass is 35.5. The van der Waals surface area contributed by atoms with E-state index in [0.717, 1.165) is 32.0 Å². The third-order valence-electron chi connectivity index (χ3n) is 3.51. The zero-order valence-corrected chi connectivity index (χ0v) is 14.6. The molecular weight excluding hydrogens is 350 g/mol. The molecule has 7 heteroatoms. The molecule has 0 bridgehead atoms. The molecule has 0 fully saturated rings. The van der Waals surface area contributed by atoms with Gasteiger partial charge in [-0.25, -0.2) is 0 Å². The maximum atomic E-state index is 6.49. The lowest BCUT2D eigenvalue weighted by Crippen LogP contribution is -1.94. The third-order valence-corrected chi connectivity index (χ3v) is 6.45. The molecule has 4 aromatic rings. The Bertz CT molecular complexity index is 959. The molecule has 0 spiro atoms. The summed E-state index contributed by atoms with van der Waals surface area (Å²) in [5.74, 6) is 2.20. The second-order valence-corrected chi connectivity index (χ2v) is 7.42. The molecule has 0 amide bonds. The van der Waals surface area contributed by atoms with Crippen molar-refractivity contribution in [1.82, 2.24) is 14.8 Å². The molecular formula is C16H12ClN3OS2. The molecule has 23 heavy (non-hydrogen) atoms. The van der Waals surface area contributed by atoms with Crippen molar-refractivity contribution in [2.75, 3.05) is 0 Å². The number of furan rings is 1. The summed E-state index contributed by atoms with van der Waals surface area (Å²) in [6.07, 6.45) is 1.63. The number of thiophene rings is 1. The average molecular weight is 362 g/mol. The summed E-state index contributed by atoms with van der Waals surface area (Å²) in [5.41, 5.74) is 0. The fraction of sp³-hybridized carbons (Fsp3) is 0.125. The van der Waals surface area contributed by atoms with Gasteiger partial charge in [-0.1, -0.05) is 41.6 Å². The fourth-order valence-corrected chi connectivity index (χ4v) is 4.92. The Morgan fingerprint density at radius 3 is 2.87 bits per heavy atom.